The standard InChI is InChI=1S/C15H21NO4/c1-3-8-19-11-4-6-12(7-5-11)20-13-9-14(16-10-13)15(17)18-2/h4-7,13-14,16H,3,8-10H2,1-2H3/t13-,14+/m1/s1. The lowest BCUT2D eigenvalue weighted by atomic mass is 10.2. The highest BCUT2D eigenvalue weighted by atomic mass is 16.5. The van der Waals surface area contributed by atoms with E-state index in [-0.39, 0.29) is 18.1 Å². The number of esters is 1. The number of carbonyl (C=O) groups is 1. The van der Waals surface area contributed by atoms with Crippen LogP contribution in [0.1, 0.15) is 19.8 Å². The molecular weight excluding hydrogens is 258 g/mol. The zero-order valence-electron chi connectivity index (χ0n) is 11.9. The number of rotatable bonds is 6. The van der Waals surface area contributed by atoms with Gasteiger partial charge in [0.25, 0.3) is 0 Å². The third-order valence-corrected chi connectivity index (χ3v) is 3.18. The van der Waals surface area contributed by atoms with Crippen molar-refractivity contribution in [1.29, 1.82) is 0 Å². The highest BCUT2D eigenvalue weighted by molar-refractivity contribution is 5.76. The first kappa shape index (κ1) is 14.7. The SMILES string of the molecule is CCCOc1ccc(O[C@H]2CN[C@H](C(=O)OC)C2)cc1. The number of hydrogen-bond acceptors (Lipinski definition) is 5. The zero-order valence-corrected chi connectivity index (χ0v) is 11.9. The minimum Gasteiger partial charge on any atom is -0.494 e. The Kier molecular flexibility index (Phi) is 5.24. The van der Waals surface area contributed by atoms with Gasteiger partial charge in [0, 0.05) is 13.0 Å². The van der Waals surface area contributed by atoms with Gasteiger partial charge in [-0.3, -0.25) is 4.79 Å². The molecule has 0 bridgehead atoms. The molecule has 2 atom stereocenters. The van der Waals surface area contributed by atoms with Crippen molar-refractivity contribution in [3.63, 3.8) is 0 Å². The lowest BCUT2D eigenvalue weighted by molar-refractivity contribution is -0.142. The Balaban J connectivity index is 1.83. The second-order valence-electron chi connectivity index (χ2n) is 4.78. The molecule has 110 valence electrons. The summed E-state index contributed by atoms with van der Waals surface area (Å²) in [5, 5.41) is 3.09. The molecule has 0 amide bonds. The molecule has 0 aliphatic carbocycles. The highest BCUT2D eigenvalue weighted by Crippen LogP contribution is 2.21. The van der Waals surface area contributed by atoms with E-state index in [2.05, 4.69) is 12.2 Å². The van der Waals surface area contributed by atoms with Gasteiger partial charge in [0.1, 0.15) is 23.6 Å². The van der Waals surface area contributed by atoms with E-state index in [9.17, 15) is 4.79 Å². The molecule has 1 aromatic rings. The van der Waals surface area contributed by atoms with Crippen molar-refractivity contribution < 1.29 is 19.0 Å². The Labute approximate surface area is 119 Å². The van der Waals surface area contributed by atoms with Crippen molar-refractivity contribution in [3.8, 4) is 11.5 Å². The van der Waals surface area contributed by atoms with Crippen LogP contribution >= 0.6 is 0 Å². The Hall–Kier alpha value is -1.75. The van der Waals surface area contributed by atoms with Crippen molar-refractivity contribution in [3.05, 3.63) is 24.3 Å². The van der Waals surface area contributed by atoms with Crippen molar-refractivity contribution in [1.82, 2.24) is 5.32 Å². The van der Waals surface area contributed by atoms with Gasteiger partial charge in [0.2, 0.25) is 0 Å². The van der Waals surface area contributed by atoms with Gasteiger partial charge >= 0.3 is 5.97 Å². The predicted molar refractivity (Wildman–Crippen MR) is 75.1 cm³/mol. The third-order valence-electron chi connectivity index (χ3n) is 3.18. The fraction of sp³-hybridized carbons (Fsp3) is 0.533. The number of nitrogens with one attached hydrogen (secondary N) is 1. The molecule has 1 aliphatic rings. The van der Waals surface area contributed by atoms with Crippen molar-refractivity contribution in [2.75, 3.05) is 20.3 Å². The molecule has 1 heterocycles. The molecule has 1 saturated heterocycles. The van der Waals surface area contributed by atoms with Gasteiger partial charge in [-0.1, -0.05) is 6.92 Å². The number of methoxy groups -OCH3 is 1. The molecule has 5 heteroatoms. The van der Waals surface area contributed by atoms with Crippen molar-refractivity contribution in [2.45, 2.75) is 31.9 Å². The molecular formula is C15H21NO4. The first-order chi connectivity index (χ1) is 9.72. The van der Waals surface area contributed by atoms with E-state index in [0.717, 1.165) is 17.9 Å². The molecule has 0 saturated carbocycles. The smallest absolute Gasteiger partial charge is 0.323 e. The molecule has 0 aromatic heterocycles. The molecule has 0 unspecified atom stereocenters. The topological polar surface area (TPSA) is 56.8 Å². The van der Waals surface area contributed by atoms with E-state index < -0.39 is 0 Å². The largest absolute Gasteiger partial charge is 0.494 e. The fourth-order valence-corrected chi connectivity index (χ4v) is 2.14. The minimum atomic E-state index is -0.267. The maximum atomic E-state index is 11.4. The molecule has 0 spiro atoms. The van der Waals surface area contributed by atoms with E-state index in [4.69, 9.17) is 14.2 Å². The summed E-state index contributed by atoms with van der Waals surface area (Å²) in [5.41, 5.74) is 0. The van der Waals surface area contributed by atoms with Crippen LogP contribution in [0.15, 0.2) is 24.3 Å². The summed E-state index contributed by atoms with van der Waals surface area (Å²) < 4.78 is 16.1. The number of ether oxygens (including phenoxy) is 3. The molecule has 2 rings (SSSR count). The maximum absolute atomic E-state index is 11.4. The van der Waals surface area contributed by atoms with E-state index in [1.165, 1.54) is 7.11 Å². The third kappa shape index (κ3) is 3.87. The molecule has 0 radical (unpaired) electrons. The van der Waals surface area contributed by atoms with Crippen LogP contribution in [0.25, 0.3) is 0 Å². The lowest BCUT2D eigenvalue weighted by Crippen LogP contribution is -2.31. The molecule has 1 fully saturated rings. The zero-order chi connectivity index (χ0) is 14.4. The number of benzene rings is 1. The molecule has 1 aliphatic heterocycles. The van der Waals surface area contributed by atoms with E-state index in [1.54, 1.807) is 0 Å². The predicted octanol–water partition coefficient (Wildman–Crippen LogP) is 1.76. The highest BCUT2D eigenvalue weighted by Gasteiger charge is 2.31. The molecule has 1 N–H and O–H groups in total. The van der Waals surface area contributed by atoms with Crippen molar-refractivity contribution in [2.24, 2.45) is 0 Å². The Morgan fingerprint density at radius 3 is 2.65 bits per heavy atom. The summed E-state index contributed by atoms with van der Waals surface area (Å²) in [6.45, 7) is 3.43. The summed E-state index contributed by atoms with van der Waals surface area (Å²) in [4.78, 5) is 11.4. The van der Waals surface area contributed by atoms with Gasteiger partial charge in [-0.05, 0) is 30.7 Å². The Morgan fingerprint density at radius 2 is 2.00 bits per heavy atom. The van der Waals surface area contributed by atoms with Crippen LogP contribution < -0.4 is 14.8 Å². The van der Waals surface area contributed by atoms with Crippen LogP contribution in [0.3, 0.4) is 0 Å². The van der Waals surface area contributed by atoms with Crippen LogP contribution in [-0.2, 0) is 9.53 Å². The maximum Gasteiger partial charge on any atom is 0.323 e. The monoisotopic (exact) mass is 279 g/mol. The van der Waals surface area contributed by atoms with Gasteiger partial charge in [0.15, 0.2) is 0 Å². The summed E-state index contributed by atoms with van der Waals surface area (Å²) in [5.74, 6) is 1.39. The summed E-state index contributed by atoms with van der Waals surface area (Å²) in [6.07, 6.45) is 1.60. The average molecular weight is 279 g/mol. The second kappa shape index (κ2) is 7.14. The quantitative estimate of drug-likeness (QED) is 0.804. The summed E-state index contributed by atoms with van der Waals surface area (Å²) in [7, 11) is 1.40. The molecule has 20 heavy (non-hydrogen) atoms. The van der Waals surface area contributed by atoms with Crippen LogP contribution in [0.2, 0.25) is 0 Å². The number of carbonyl (C=O) groups excluding carboxylic acids is 1. The number of hydrogen-bond donors (Lipinski definition) is 1. The van der Waals surface area contributed by atoms with Gasteiger partial charge in [-0.25, -0.2) is 0 Å². The second-order valence-corrected chi connectivity index (χ2v) is 4.78. The van der Waals surface area contributed by atoms with Gasteiger partial charge in [0.05, 0.1) is 13.7 Å². The molecule has 5 nitrogen and oxygen atoms in total. The Morgan fingerprint density at radius 1 is 1.30 bits per heavy atom. The van der Waals surface area contributed by atoms with Crippen LogP contribution in [-0.4, -0.2) is 38.4 Å². The first-order valence-electron chi connectivity index (χ1n) is 6.93. The van der Waals surface area contributed by atoms with E-state index in [0.29, 0.717) is 19.6 Å². The normalized spacial score (nSPS) is 21.5. The average Bonchev–Trinajstić information content (AvgIpc) is 2.94. The van der Waals surface area contributed by atoms with Crippen molar-refractivity contribution >= 4 is 5.97 Å². The summed E-state index contributed by atoms with van der Waals surface area (Å²) in [6, 6.07) is 7.29. The fourth-order valence-electron chi connectivity index (χ4n) is 2.14. The first-order valence-corrected chi connectivity index (χ1v) is 6.93. The van der Waals surface area contributed by atoms with Gasteiger partial charge in [-0.15, -0.1) is 0 Å². The molecule has 1 aromatic carbocycles. The Bertz CT molecular complexity index is 432. The minimum absolute atomic E-state index is 0.0125. The summed E-state index contributed by atoms with van der Waals surface area (Å²) >= 11 is 0. The van der Waals surface area contributed by atoms with E-state index >= 15 is 0 Å². The van der Waals surface area contributed by atoms with Crippen LogP contribution in [0.4, 0.5) is 0 Å². The van der Waals surface area contributed by atoms with Crippen LogP contribution in [0.5, 0.6) is 11.5 Å². The van der Waals surface area contributed by atoms with Gasteiger partial charge < -0.3 is 19.5 Å². The van der Waals surface area contributed by atoms with Crippen LogP contribution in [0, 0.1) is 0 Å². The van der Waals surface area contributed by atoms with E-state index in [1.807, 2.05) is 24.3 Å². The van der Waals surface area contributed by atoms with Gasteiger partial charge in [-0.2, -0.15) is 0 Å². The lowest BCUT2D eigenvalue weighted by Gasteiger charge is -2.13.